The lowest BCUT2D eigenvalue weighted by atomic mass is 9.87. The first-order valence-electron chi connectivity index (χ1n) is 9.29. The number of hydrogen-bond acceptors (Lipinski definition) is 6. The summed E-state index contributed by atoms with van der Waals surface area (Å²) in [6.07, 6.45) is 2.65. The van der Waals surface area contributed by atoms with Crippen molar-refractivity contribution in [2.45, 2.75) is 66.7 Å². The van der Waals surface area contributed by atoms with Crippen molar-refractivity contribution in [1.29, 1.82) is 10.5 Å². The van der Waals surface area contributed by atoms with Gasteiger partial charge in [-0.15, -0.1) is 0 Å². The second-order valence-corrected chi connectivity index (χ2v) is 8.10. The normalized spacial score (nSPS) is 12.2. The van der Waals surface area contributed by atoms with Crippen molar-refractivity contribution in [3.63, 3.8) is 0 Å². The summed E-state index contributed by atoms with van der Waals surface area (Å²) in [6, 6.07) is 4.35. The van der Waals surface area contributed by atoms with Crippen LogP contribution < -0.4 is 0 Å². The molecule has 0 N–H and O–H groups in total. The molecule has 6 heteroatoms. The zero-order valence-electron chi connectivity index (χ0n) is 18.1. The largest absolute Gasteiger partial charge is 0.384 e. The first-order chi connectivity index (χ1) is 12.4. The number of nitrogens with zero attached hydrogens (tertiary/aromatic N) is 2. The minimum Gasteiger partial charge on any atom is -0.384 e. The van der Waals surface area contributed by atoms with Gasteiger partial charge in [0.05, 0.1) is 36.2 Å². The maximum atomic E-state index is 11.5. The molecular weight excluding hydrogens is 344 g/mol. The molecule has 0 aromatic heterocycles. The van der Waals surface area contributed by atoms with E-state index in [-0.39, 0.29) is 22.9 Å². The molecule has 27 heavy (non-hydrogen) atoms. The van der Waals surface area contributed by atoms with E-state index in [1.807, 2.05) is 34.6 Å². The van der Waals surface area contributed by atoms with Gasteiger partial charge in [0.2, 0.25) is 0 Å². The van der Waals surface area contributed by atoms with Crippen molar-refractivity contribution in [3.05, 3.63) is 0 Å². The fourth-order valence-electron chi connectivity index (χ4n) is 1.93. The maximum Gasteiger partial charge on any atom is 0.138 e. The summed E-state index contributed by atoms with van der Waals surface area (Å²) in [4.78, 5) is 22.7. The van der Waals surface area contributed by atoms with E-state index in [4.69, 9.17) is 20.0 Å². The minimum absolute atomic E-state index is 0.0607. The van der Waals surface area contributed by atoms with Gasteiger partial charge in [0.15, 0.2) is 0 Å². The van der Waals surface area contributed by atoms with E-state index in [2.05, 4.69) is 12.1 Å². The summed E-state index contributed by atoms with van der Waals surface area (Å²) >= 11 is 0. The molecule has 0 amide bonds. The van der Waals surface area contributed by atoms with Crippen LogP contribution in [-0.2, 0) is 19.1 Å². The molecule has 0 aliphatic rings. The fraction of sp³-hybridized carbons (Fsp3) is 0.810. The summed E-state index contributed by atoms with van der Waals surface area (Å²) < 4.78 is 9.68. The first-order valence-corrected chi connectivity index (χ1v) is 9.29. The average Bonchev–Trinajstić information content (AvgIpc) is 2.63. The molecule has 0 fully saturated rings. The predicted octanol–water partition coefficient (Wildman–Crippen LogP) is 4.09. The fourth-order valence-corrected chi connectivity index (χ4v) is 1.93. The van der Waals surface area contributed by atoms with Gasteiger partial charge in [-0.05, 0) is 40.5 Å². The molecule has 0 rings (SSSR count). The quantitative estimate of drug-likeness (QED) is 0.505. The van der Waals surface area contributed by atoms with Crippen LogP contribution in [0.1, 0.15) is 66.7 Å². The van der Waals surface area contributed by atoms with Crippen molar-refractivity contribution >= 4 is 11.6 Å². The van der Waals surface area contributed by atoms with E-state index >= 15 is 0 Å². The van der Waals surface area contributed by atoms with Gasteiger partial charge in [0.1, 0.15) is 11.6 Å². The SMILES string of the molecule is COCC(C)C(=O)CCC(C)(C)C#N.COCCC(=O)CCC(C)(C)C#N. The topological polar surface area (TPSA) is 100 Å². The molecule has 0 aliphatic heterocycles. The van der Waals surface area contributed by atoms with Gasteiger partial charge in [-0.1, -0.05) is 6.92 Å². The maximum absolute atomic E-state index is 11.5. The third-order valence-electron chi connectivity index (χ3n) is 4.18. The first kappa shape index (κ1) is 27.5. The van der Waals surface area contributed by atoms with E-state index < -0.39 is 5.41 Å². The highest BCUT2D eigenvalue weighted by Gasteiger charge is 2.20. The van der Waals surface area contributed by atoms with Crippen molar-refractivity contribution < 1.29 is 19.1 Å². The molecule has 0 aromatic carbocycles. The molecule has 0 radical (unpaired) electrons. The number of carbonyl (C=O) groups excluding carboxylic acids is 2. The number of carbonyl (C=O) groups is 2. The van der Waals surface area contributed by atoms with Crippen molar-refractivity contribution in [2.24, 2.45) is 16.7 Å². The summed E-state index contributed by atoms with van der Waals surface area (Å²) in [5, 5.41) is 17.5. The molecule has 6 nitrogen and oxygen atoms in total. The Morgan fingerprint density at radius 2 is 1.37 bits per heavy atom. The summed E-state index contributed by atoms with van der Waals surface area (Å²) in [5.41, 5.74) is -0.787. The van der Waals surface area contributed by atoms with Crippen molar-refractivity contribution in [2.75, 3.05) is 27.4 Å². The minimum atomic E-state index is -0.400. The Balaban J connectivity index is 0. The van der Waals surface area contributed by atoms with Gasteiger partial charge < -0.3 is 9.47 Å². The Morgan fingerprint density at radius 3 is 1.78 bits per heavy atom. The van der Waals surface area contributed by atoms with Crippen molar-refractivity contribution in [1.82, 2.24) is 0 Å². The van der Waals surface area contributed by atoms with Crippen LogP contribution in [0.5, 0.6) is 0 Å². The third-order valence-corrected chi connectivity index (χ3v) is 4.18. The van der Waals surface area contributed by atoms with Gasteiger partial charge in [-0.3, -0.25) is 9.59 Å². The second-order valence-electron chi connectivity index (χ2n) is 8.10. The number of methoxy groups -OCH3 is 2. The molecular formula is C21H36N2O4. The van der Waals surface area contributed by atoms with E-state index in [9.17, 15) is 9.59 Å². The molecule has 0 aliphatic carbocycles. The lowest BCUT2D eigenvalue weighted by Crippen LogP contribution is -2.19. The molecule has 0 saturated carbocycles. The number of Topliss-reactive ketones (excluding diaryl/α,β-unsaturated/α-hetero) is 2. The smallest absolute Gasteiger partial charge is 0.138 e. The highest BCUT2D eigenvalue weighted by atomic mass is 16.5. The zero-order valence-corrected chi connectivity index (χ0v) is 18.1. The summed E-state index contributed by atoms with van der Waals surface area (Å²) in [6.45, 7) is 10.2. The van der Waals surface area contributed by atoms with Gasteiger partial charge in [-0.2, -0.15) is 10.5 Å². The molecule has 0 spiro atoms. The van der Waals surface area contributed by atoms with E-state index in [0.29, 0.717) is 45.3 Å². The standard InChI is InChI=1S/C11H19NO2.C10H17NO2/c1-9(7-14-4)10(13)5-6-11(2,3)8-12;1-10(2,8-11)6-4-9(12)5-7-13-3/h9H,5-7H2,1-4H3;4-7H2,1-3H3. The zero-order chi connectivity index (χ0) is 21.5. The Labute approximate surface area is 164 Å². The molecule has 0 bridgehead atoms. The van der Waals surface area contributed by atoms with Gasteiger partial charge in [-0.25, -0.2) is 0 Å². The Hall–Kier alpha value is -1.76. The lowest BCUT2D eigenvalue weighted by molar-refractivity contribution is -0.124. The van der Waals surface area contributed by atoms with Crippen LogP contribution in [0.4, 0.5) is 0 Å². The van der Waals surface area contributed by atoms with Crippen LogP contribution >= 0.6 is 0 Å². The molecule has 154 valence electrons. The van der Waals surface area contributed by atoms with Crippen molar-refractivity contribution in [3.8, 4) is 12.1 Å². The number of rotatable bonds is 12. The Kier molecular flexibility index (Phi) is 14.6. The van der Waals surface area contributed by atoms with Crippen LogP contribution in [0.3, 0.4) is 0 Å². The number of ether oxygens (including phenoxy) is 2. The highest BCUT2D eigenvalue weighted by molar-refractivity contribution is 5.80. The summed E-state index contributed by atoms with van der Waals surface area (Å²) in [7, 11) is 3.16. The highest BCUT2D eigenvalue weighted by Crippen LogP contribution is 2.22. The van der Waals surface area contributed by atoms with Crippen LogP contribution in [-0.4, -0.2) is 39.0 Å². The van der Waals surface area contributed by atoms with E-state index in [0.717, 1.165) is 0 Å². The van der Waals surface area contributed by atoms with Crippen LogP contribution in [0.25, 0.3) is 0 Å². The molecule has 0 aromatic rings. The van der Waals surface area contributed by atoms with E-state index in [1.54, 1.807) is 14.2 Å². The molecule has 0 saturated heterocycles. The van der Waals surface area contributed by atoms with Gasteiger partial charge in [0, 0.05) is 39.4 Å². The predicted molar refractivity (Wildman–Crippen MR) is 105 cm³/mol. The molecule has 1 atom stereocenters. The number of ketones is 2. The second kappa shape index (κ2) is 14.3. The Bertz CT molecular complexity index is 527. The third kappa shape index (κ3) is 16.2. The van der Waals surface area contributed by atoms with Crippen LogP contribution in [0, 0.1) is 39.4 Å². The molecule has 0 heterocycles. The summed E-state index contributed by atoms with van der Waals surface area (Å²) in [5.74, 6) is 0.287. The van der Waals surface area contributed by atoms with Crippen LogP contribution in [0.2, 0.25) is 0 Å². The Morgan fingerprint density at radius 1 is 0.889 bits per heavy atom. The van der Waals surface area contributed by atoms with Crippen LogP contribution in [0.15, 0.2) is 0 Å². The number of hydrogen-bond donors (Lipinski definition) is 0. The lowest BCUT2D eigenvalue weighted by Gasteiger charge is -2.15. The molecule has 1 unspecified atom stereocenters. The van der Waals surface area contributed by atoms with Gasteiger partial charge in [0.25, 0.3) is 0 Å². The van der Waals surface area contributed by atoms with E-state index in [1.165, 1.54) is 0 Å². The average molecular weight is 381 g/mol. The van der Waals surface area contributed by atoms with Gasteiger partial charge >= 0.3 is 0 Å². The number of nitriles is 2. The monoisotopic (exact) mass is 380 g/mol.